The second-order valence-corrected chi connectivity index (χ2v) is 3.48. The number of nitrogens with zero attached hydrogens (tertiary/aromatic N) is 1. The largest absolute Gasteiger partial charge is 0.481 e. The minimum absolute atomic E-state index is 0.0657. The van der Waals surface area contributed by atoms with Gasteiger partial charge in [0.15, 0.2) is 0 Å². The Hall–Kier alpha value is -1.39. The van der Waals surface area contributed by atoms with E-state index in [0.29, 0.717) is 25.7 Å². The smallest absolute Gasteiger partial charge is 0.303 e. The highest BCUT2D eigenvalue weighted by molar-refractivity contribution is 5.67. The molecule has 0 spiro atoms. The van der Waals surface area contributed by atoms with Crippen molar-refractivity contribution in [2.45, 2.75) is 38.1 Å². The van der Waals surface area contributed by atoms with E-state index in [0.717, 1.165) is 5.57 Å². The van der Waals surface area contributed by atoms with Gasteiger partial charge >= 0.3 is 5.97 Å². The lowest BCUT2D eigenvalue weighted by molar-refractivity contribution is -0.523. The minimum atomic E-state index is -0.853. The van der Waals surface area contributed by atoms with Gasteiger partial charge in [0, 0.05) is 24.2 Å². The molecule has 0 saturated carbocycles. The van der Waals surface area contributed by atoms with Gasteiger partial charge in [0.1, 0.15) is 0 Å². The molecule has 0 aliphatic heterocycles. The van der Waals surface area contributed by atoms with Gasteiger partial charge in [-0.05, 0) is 12.8 Å². The fraction of sp³-hybridized carbons (Fsp3) is 0.667. The Morgan fingerprint density at radius 3 is 3.00 bits per heavy atom. The topological polar surface area (TPSA) is 80.4 Å². The highest BCUT2D eigenvalue weighted by Gasteiger charge is 2.24. The molecule has 1 rings (SSSR count). The monoisotopic (exact) mass is 199 g/mol. The summed E-state index contributed by atoms with van der Waals surface area (Å²) in [5, 5.41) is 19.0. The summed E-state index contributed by atoms with van der Waals surface area (Å²) in [6.07, 6.45) is 4.13. The molecule has 1 aliphatic carbocycles. The number of rotatable bonds is 4. The second-order valence-electron chi connectivity index (χ2n) is 3.48. The normalized spacial score (nSPS) is 21.4. The number of carboxylic acids is 1. The van der Waals surface area contributed by atoms with Crippen molar-refractivity contribution >= 4 is 5.97 Å². The maximum absolute atomic E-state index is 10.5. The van der Waals surface area contributed by atoms with Gasteiger partial charge in [-0.3, -0.25) is 14.9 Å². The van der Waals surface area contributed by atoms with E-state index in [9.17, 15) is 14.9 Å². The molecule has 5 heteroatoms. The SMILES string of the molecule is O=C(O)CCC1=CCCC([N+](=O)[O-])C1. The highest BCUT2D eigenvalue weighted by Crippen LogP contribution is 2.23. The van der Waals surface area contributed by atoms with Crippen molar-refractivity contribution < 1.29 is 14.8 Å². The van der Waals surface area contributed by atoms with Crippen LogP contribution < -0.4 is 0 Å². The van der Waals surface area contributed by atoms with Crippen LogP contribution in [0.3, 0.4) is 0 Å². The summed E-state index contributed by atoms with van der Waals surface area (Å²) in [6, 6.07) is -0.510. The number of aliphatic carboxylic acids is 1. The van der Waals surface area contributed by atoms with Crippen molar-refractivity contribution in [3.05, 3.63) is 21.8 Å². The Morgan fingerprint density at radius 1 is 1.71 bits per heavy atom. The quantitative estimate of drug-likeness (QED) is 0.423. The first kappa shape index (κ1) is 10.7. The molecule has 1 atom stereocenters. The number of allylic oxidation sites excluding steroid dienone is 1. The zero-order valence-corrected chi connectivity index (χ0v) is 7.81. The molecule has 0 aromatic carbocycles. The predicted molar refractivity (Wildman–Crippen MR) is 49.6 cm³/mol. The molecule has 1 N–H and O–H groups in total. The standard InChI is InChI=1S/C9H13NO4/c11-9(12)5-4-7-2-1-3-8(6-7)10(13)14/h2,8H,1,3-6H2,(H,11,12). The average Bonchev–Trinajstić information content (AvgIpc) is 2.15. The molecular weight excluding hydrogens is 186 g/mol. The lowest BCUT2D eigenvalue weighted by Gasteiger charge is -2.15. The van der Waals surface area contributed by atoms with Crippen molar-refractivity contribution in [1.82, 2.24) is 0 Å². The zero-order valence-electron chi connectivity index (χ0n) is 7.81. The number of hydrogen-bond donors (Lipinski definition) is 1. The molecule has 78 valence electrons. The third-order valence-electron chi connectivity index (χ3n) is 2.39. The molecule has 14 heavy (non-hydrogen) atoms. The van der Waals surface area contributed by atoms with Gasteiger partial charge in [-0.2, -0.15) is 0 Å². The van der Waals surface area contributed by atoms with Gasteiger partial charge in [-0.1, -0.05) is 11.6 Å². The first-order valence-corrected chi connectivity index (χ1v) is 4.63. The van der Waals surface area contributed by atoms with E-state index in [1.807, 2.05) is 6.08 Å². The molecule has 0 aromatic heterocycles. The third-order valence-corrected chi connectivity index (χ3v) is 2.39. The number of nitro groups is 1. The van der Waals surface area contributed by atoms with Crippen LogP contribution in [0.4, 0.5) is 0 Å². The van der Waals surface area contributed by atoms with E-state index in [1.54, 1.807) is 0 Å². The van der Waals surface area contributed by atoms with Crippen LogP contribution in [0.15, 0.2) is 11.6 Å². The van der Waals surface area contributed by atoms with Crippen LogP contribution in [-0.4, -0.2) is 22.0 Å². The van der Waals surface area contributed by atoms with Gasteiger partial charge in [-0.25, -0.2) is 0 Å². The molecule has 1 aliphatic rings. The Kier molecular flexibility index (Phi) is 3.62. The van der Waals surface area contributed by atoms with E-state index in [2.05, 4.69) is 0 Å². The molecule has 0 saturated heterocycles. The molecule has 0 aromatic rings. The van der Waals surface area contributed by atoms with Crippen LogP contribution in [0.1, 0.15) is 32.1 Å². The van der Waals surface area contributed by atoms with E-state index >= 15 is 0 Å². The second kappa shape index (κ2) is 4.74. The first-order chi connectivity index (χ1) is 6.59. The summed E-state index contributed by atoms with van der Waals surface area (Å²) < 4.78 is 0. The Morgan fingerprint density at radius 2 is 2.43 bits per heavy atom. The zero-order chi connectivity index (χ0) is 10.6. The molecule has 0 bridgehead atoms. The third kappa shape index (κ3) is 3.16. The molecule has 5 nitrogen and oxygen atoms in total. The van der Waals surface area contributed by atoms with E-state index in [1.165, 1.54) is 0 Å². The van der Waals surface area contributed by atoms with Crippen molar-refractivity contribution in [3.8, 4) is 0 Å². The van der Waals surface area contributed by atoms with Gasteiger partial charge in [0.25, 0.3) is 0 Å². The fourth-order valence-electron chi connectivity index (χ4n) is 1.62. The predicted octanol–water partition coefficient (Wildman–Crippen LogP) is 1.61. The molecule has 0 amide bonds. The van der Waals surface area contributed by atoms with Crippen LogP contribution in [0.2, 0.25) is 0 Å². The van der Waals surface area contributed by atoms with Crippen molar-refractivity contribution in [3.63, 3.8) is 0 Å². The molecule has 1 unspecified atom stereocenters. The van der Waals surface area contributed by atoms with Crippen molar-refractivity contribution in [2.24, 2.45) is 0 Å². The summed E-state index contributed by atoms with van der Waals surface area (Å²) >= 11 is 0. The number of carbonyl (C=O) groups is 1. The maximum Gasteiger partial charge on any atom is 0.303 e. The Balaban J connectivity index is 2.43. The van der Waals surface area contributed by atoms with Crippen LogP contribution in [0.25, 0.3) is 0 Å². The van der Waals surface area contributed by atoms with Crippen LogP contribution in [-0.2, 0) is 4.79 Å². The number of hydrogen-bond acceptors (Lipinski definition) is 3. The van der Waals surface area contributed by atoms with E-state index < -0.39 is 12.0 Å². The Labute approximate surface area is 81.6 Å². The molecule has 0 heterocycles. The Bertz CT molecular complexity index is 272. The molecular formula is C9H13NO4. The fourth-order valence-corrected chi connectivity index (χ4v) is 1.62. The number of carboxylic acid groups (broad SMARTS) is 1. The van der Waals surface area contributed by atoms with Crippen LogP contribution in [0.5, 0.6) is 0 Å². The summed E-state index contributed by atoms with van der Waals surface area (Å²) in [5.41, 5.74) is 0.917. The van der Waals surface area contributed by atoms with Crippen LogP contribution in [0, 0.1) is 10.1 Å². The summed E-state index contributed by atoms with van der Waals surface area (Å²) in [7, 11) is 0. The molecule has 0 radical (unpaired) electrons. The summed E-state index contributed by atoms with van der Waals surface area (Å²) in [5.74, 6) is -0.853. The van der Waals surface area contributed by atoms with Crippen molar-refractivity contribution in [2.75, 3.05) is 0 Å². The lowest BCUT2D eigenvalue weighted by Crippen LogP contribution is -2.22. The lowest BCUT2D eigenvalue weighted by atomic mass is 9.92. The first-order valence-electron chi connectivity index (χ1n) is 4.63. The van der Waals surface area contributed by atoms with E-state index in [4.69, 9.17) is 5.11 Å². The van der Waals surface area contributed by atoms with Gasteiger partial charge in [0.05, 0.1) is 0 Å². The average molecular weight is 199 g/mol. The highest BCUT2D eigenvalue weighted by atomic mass is 16.6. The minimum Gasteiger partial charge on any atom is -0.481 e. The van der Waals surface area contributed by atoms with Gasteiger partial charge in [-0.15, -0.1) is 0 Å². The van der Waals surface area contributed by atoms with Gasteiger partial charge in [0.2, 0.25) is 6.04 Å². The summed E-state index contributed by atoms with van der Waals surface area (Å²) in [6.45, 7) is 0. The van der Waals surface area contributed by atoms with Gasteiger partial charge < -0.3 is 5.11 Å². The maximum atomic E-state index is 10.5. The summed E-state index contributed by atoms with van der Waals surface area (Å²) in [4.78, 5) is 20.5. The molecule has 0 fully saturated rings. The van der Waals surface area contributed by atoms with Crippen molar-refractivity contribution in [1.29, 1.82) is 0 Å². The van der Waals surface area contributed by atoms with Crippen LogP contribution >= 0.6 is 0 Å². The van der Waals surface area contributed by atoms with E-state index in [-0.39, 0.29) is 11.3 Å².